The van der Waals surface area contributed by atoms with Gasteiger partial charge >= 0.3 is 0 Å². The second-order valence-corrected chi connectivity index (χ2v) is 6.80. The number of nitrogens with two attached hydrogens (primary N) is 1. The number of aromatic amines is 1. The van der Waals surface area contributed by atoms with E-state index in [2.05, 4.69) is 4.98 Å². The minimum Gasteiger partial charge on any atom is -0.492 e. The lowest BCUT2D eigenvalue weighted by atomic mass is 10.2. The number of aromatic nitrogens is 1. The van der Waals surface area contributed by atoms with Crippen LogP contribution in [0.25, 0.3) is 0 Å². The van der Waals surface area contributed by atoms with Crippen molar-refractivity contribution in [1.82, 2.24) is 9.29 Å². The van der Waals surface area contributed by atoms with Gasteiger partial charge in [0.2, 0.25) is 10.0 Å². The standard InChI is InChI=1S/C14H17N3O3S/c15-8-12-7-13(9-16-12)21(18,19)17-5-6-20-14-4-2-1-3-11(14)10-17/h1-4,7,9,16H,5-6,8,10,15H2. The lowest BCUT2D eigenvalue weighted by Crippen LogP contribution is -2.32. The number of H-pyrrole nitrogens is 1. The van der Waals surface area contributed by atoms with Crippen molar-refractivity contribution in [1.29, 1.82) is 0 Å². The van der Waals surface area contributed by atoms with E-state index in [1.54, 1.807) is 6.07 Å². The average molecular weight is 307 g/mol. The summed E-state index contributed by atoms with van der Waals surface area (Å²) in [6.07, 6.45) is 1.48. The van der Waals surface area contributed by atoms with E-state index in [-0.39, 0.29) is 11.4 Å². The van der Waals surface area contributed by atoms with Gasteiger partial charge in [-0.15, -0.1) is 0 Å². The highest BCUT2D eigenvalue weighted by Crippen LogP contribution is 2.26. The van der Waals surface area contributed by atoms with Gasteiger partial charge in [0, 0.05) is 37.1 Å². The van der Waals surface area contributed by atoms with Gasteiger partial charge in [0.1, 0.15) is 12.4 Å². The summed E-state index contributed by atoms with van der Waals surface area (Å²) in [7, 11) is -3.55. The maximum absolute atomic E-state index is 12.7. The SMILES string of the molecule is NCc1cc(S(=O)(=O)N2CCOc3ccccc3C2)c[nH]1. The molecular weight excluding hydrogens is 290 g/mol. The van der Waals surface area contributed by atoms with Gasteiger partial charge in [0.15, 0.2) is 0 Å². The van der Waals surface area contributed by atoms with Gasteiger partial charge in [-0.3, -0.25) is 0 Å². The van der Waals surface area contributed by atoms with Gasteiger partial charge < -0.3 is 15.5 Å². The van der Waals surface area contributed by atoms with Crippen LogP contribution in [-0.2, 0) is 23.1 Å². The van der Waals surface area contributed by atoms with Gasteiger partial charge in [-0.2, -0.15) is 4.31 Å². The molecular formula is C14H17N3O3S. The smallest absolute Gasteiger partial charge is 0.245 e. The van der Waals surface area contributed by atoms with Crippen LogP contribution in [0.2, 0.25) is 0 Å². The van der Waals surface area contributed by atoms with E-state index in [0.717, 1.165) is 11.3 Å². The Morgan fingerprint density at radius 1 is 1.33 bits per heavy atom. The first kappa shape index (κ1) is 14.1. The lowest BCUT2D eigenvalue weighted by molar-refractivity contribution is 0.293. The zero-order valence-electron chi connectivity index (χ0n) is 11.5. The van der Waals surface area contributed by atoms with Crippen molar-refractivity contribution in [2.45, 2.75) is 18.0 Å². The molecule has 1 aromatic heterocycles. The van der Waals surface area contributed by atoms with Crippen LogP contribution in [-0.4, -0.2) is 30.9 Å². The Morgan fingerprint density at radius 3 is 2.90 bits per heavy atom. The normalized spacial score (nSPS) is 16.0. The van der Waals surface area contributed by atoms with Gasteiger partial charge in [-0.1, -0.05) is 18.2 Å². The minimum absolute atomic E-state index is 0.238. The quantitative estimate of drug-likeness (QED) is 0.887. The summed E-state index contributed by atoms with van der Waals surface area (Å²) in [5, 5.41) is 0. The van der Waals surface area contributed by atoms with Crippen LogP contribution in [0.1, 0.15) is 11.3 Å². The van der Waals surface area contributed by atoms with Crippen LogP contribution in [0, 0.1) is 0 Å². The van der Waals surface area contributed by atoms with E-state index in [0.29, 0.717) is 25.4 Å². The summed E-state index contributed by atoms with van der Waals surface area (Å²) < 4.78 is 32.4. The van der Waals surface area contributed by atoms with Gasteiger partial charge in [-0.05, 0) is 12.1 Å². The van der Waals surface area contributed by atoms with Crippen molar-refractivity contribution in [3.8, 4) is 5.75 Å². The Balaban J connectivity index is 1.92. The predicted molar refractivity (Wildman–Crippen MR) is 78.2 cm³/mol. The Labute approximate surface area is 123 Å². The molecule has 1 aliphatic rings. The number of para-hydroxylation sites is 1. The molecule has 2 aromatic rings. The number of fused-ring (bicyclic) bond motifs is 1. The molecule has 0 fully saturated rings. The molecule has 0 aliphatic carbocycles. The number of rotatable bonds is 3. The first-order chi connectivity index (χ1) is 10.1. The van der Waals surface area contributed by atoms with Crippen LogP contribution in [0.15, 0.2) is 41.4 Å². The number of nitrogens with one attached hydrogen (secondary N) is 1. The highest BCUT2D eigenvalue weighted by atomic mass is 32.2. The molecule has 0 saturated heterocycles. The molecule has 3 N–H and O–H groups in total. The first-order valence-corrected chi connectivity index (χ1v) is 8.13. The van der Waals surface area contributed by atoms with Crippen molar-refractivity contribution in [2.24, 2.45) is 5.73 Å². The third-order valence-corrected chi connectivity index (χ3v) is 5.31. The summed E-state index contributed by atoms with van der Waals surface area (Å²) in [6.45, 7) is 1.24. The summed E-state index contributed by atoms with van der Waals surface area (Å²) in [6, 6.07) is 9.07. The number of hydrogen-bond acceptors (Lipinski definition) is 4. The molecule has 3 rings (SSSR count). The second kappa shape index (κ2) is 5.51. The Kier molecular flexibility index (Phi) is 3.71. The van der Waals surface area contributed by atoms with Crippen LogP contribution >= 0.6 is 0 Å². The summed E-state index contributed by atoms with van der Waals surface area (Å²) >= 11 is 0. The number of nitrogens with zero attached hydrogens (tertiary/aromatic N) is 1. The van der Waals surface area contributed by atoms with Crippen molar-refractivity contribution in [3.05, 3.63) is 47.8 Å². The Hall–Kier alpha value is -1.83. The molecule has 0 spiro atoms. The fourth-order valence-electron chi connectivity index (χ4n) is 2.34. The first-order valence-electron chi connectivity index (χ1n) is 6.69. The molecule has 1 aliphatic heterocycles. The van der Waals surface area contributed by atoms with Crippen LogP contribution in [0.4, 0.5) is 0 Å². The number of sulfonamides is 1. The van der Waals surface area contributed by atoms with Crippen LogP contribution in [0.3, 0.4) is 0 Å². The van der Waals surface area contributed by atoms with Crippen LogP contribution < -0.4 is 10.5 Å². The third kappa shape index (κ3) is 2.67. The topological polar surface area (TPSA) is 88.4 Å². The molecule has 6 nitrogen and oxygen atoms in total. The molecule has 0 saturated carbocycles. The van der Waals surface area contributed by atoms with Gasteiger partial charge in [0.25, 0.3) is 0 Å². The molecule has 2 heterocycles. The maximum atomic E-state index is 12.7. The van der Waals surface area contributed by atoms with Crippen molar-refractivity contribution >= 4 is 10.0 Å². The predicted octanol–water partition coefficient (Wildman–Crippen LogP) is 1.06. The van der Waals surface area contributed by atoms with Crippen molar-refractivity contribution in [2.75, 3.05) is 13.2 Å². The Morgan fingerprint density at radius 2 is 2.14 bits per heavy atom. The van der Waals surface area contributed by atoms with Gasteiger partial charge in [0.05, 0.1) is 4.90 Å². The zero-order chi connectivity index (χ0) is 14.9. The molecule has 21 heavy (non-hydrogen) atoms. The molecule has 0 amide bonds. The monoisotopic (exact) mass is 307 g/mol. The fourth-order valence-corrected chi connectivity index (χ4v) is 3.76. The zero-order valence-corrected chi connectivity index (χ0v) is 12.3. The molecule has 0 bridgehead atoms. The highest BCUT2D eigenvalue weighted by Gasteiger charge is 2.28. The number of hydrogen-bond donors (Lipinski definition) is 2. The van der Waals surface area contributed by atoms with Crippen molar-refractivity contribution < 1.29 is 13.2 Å². The molecule has 1 aromatic carbocycles. The molecule has 0 atom stereocenters. The number of benzene rings is 1. The highest BCUT2D eigenvalue weighted by molar-refractivity contribution is 7.89. The molecule has 0 unspecified atom stereocenters. The summed E-state index contributed by atoms with van der Waals surface area (Å²) in [5.74, 6) is 0.743. The second-order valence-electron chi connectivity index (χ2n) is 4.86. The van der Waals surface area contributed by atoms with E-state index in [9.17, 15) is 8.42 Å². The lowest BCUT2D eigenvalue weighted by Gasteiger charge is -2.18. The van der Waals surface area contributed by atoms with Gasteiger partial charge in [-0.25, -0.2) is 8.42 Å². The van der Waals surface area contributed by atoms with E-state index in [4.69, 9.17) is 10.5 Å². The van der Waals surface area contributed by atoms with Crippen LogP contribution in [0.5, 0.6) is 5.75 Å². The van der Waals surface area contributed by atoms with E-state index >= 15 is 0 Å². The summed E-state index contributed by atoms with van der Waals surface area (Å²) in [5.41, 5.74) is 7.08. The van der Waals surface area contributed by atoms with E-state index in [1.807, 2.05) is 24.3 Å². The summed E-state index contributed by atoms with van der Waals surface area (Å²) in [4.78, 5) is 3.11. The largest absolute Gasteiger partial charge is 0.492 e. The van der Waals surface area contributed by atoms with E-state index < -0.39 is 10.0 Å². The molecule has 0 radical (unpaired) electrons. The molecule has 112 valence electrons. The Bertz CT molecular complexity index is 739. The minimum atomic E-state index is -3.55. The number of ether oxygens (including phenoxy) is 1. The maximum Gasteiger partial charge on any atom is 0.245 e. The van der Waals surface area contributed by atoms with Crippen molar-refractivity contribution in [3.63, 3.8) is 0 Å². The third-order valence-electron chi connectivity index (χ3n) is 3.49. The fraction of sp³-hybridized carbons (Fsp3) is 0.286. The molecule has 7 heteroatoms. The van der Waals surface area contributed by atoms with E-state index in [1.165, 1.54) is 10.5 Å². The average Bonchev–Trinajstić information content (AvgIpc) is 2.87.